The van der Waals surface area contributed by atoms with Crippen LogP contribution in [0.15, 0.2) is 18.2 Å². The fourth-order valence-electron chi connectivity index (χ4n) is 2.92. The van der Waals surface area contributed by atoms with Crippen molar-refractivity contribution in [2.45, 2.75) is 26.9 Å². The van der Waals surface area contributed by atoms with E-state index in [-0.39, 0.29) is 24.2 Å². The summed E-state index contributed by atoms with van der Waals surface area (Å²) in [6.45, 7) is 9.76. The van der Waals surface area contributed by atoms with Gasteiger partial charge in [-0.25, -0.2) is 0 Å². The number of fused-ring (bicyclic) bond motifs is 1. The number of rotatable bonds is 3. The van der Waals surface area contributed by atoms with E-state index in [0.717, 1.165) is 13.1 Å². The van der Waals surface area contributed by atoms with Crippen LogP contribution >= 0.6 is 0 Å². The smallest absolute Gasteiger partial charge is 0.257 e. The molecule has 2 aliphatic rings. The van der Waals surface area contributed by atoms with Gasteiger partial charge in [0.15, 0.2) is 11.5 Å². The molecule has 2 aliphatic heterocycles. The average Bonchev–Trinajstić information content (AvgIpc) is 3.02. The molecule has 1 amide bonds. The third-order valence-electron chi connectivity index (χ3n) is 4.72. The van der Waals surface area contributed by atoms with Gasteiger partial charge < -0.3 is 19.5 Å². The van der Waals surface area contributed by atoms with Gasteiger partial charge in [-0.2, -0.15) is 0 Å². The standard InChI is InChI=1S/C18H26N2O4/c1-18(2,3)15(21)11-19-7-9-20(10-8-19)17(22)13-5-4-6-14-16(13)24-12-23-14/h4-6,15,21H,7-12H2,1-3H3/t15-/m1/s1. The Morgan fingerprint density at radius 1 is 1.21 bits per heavy atom. The van der Waals surface area contributed by atoms with Gasteiger partial charge in [-0.1, -0.05) is 26.8 Å². The van der Waals surface area contributed by atoms with Crippen molar-refractivity contribution in [3.63, 3.8) is 0 Å². The van der Waals surface area contributed by atoms with E-state index in [0.29, 0.717) is 36.7 Å². The Bertz CT molecular complexity index is 604. The van der Waals surface area contributed by atoms with Gasteiger partial charge in [-0.05, 0) is 17.5 Å². The van der Waals surface area contributed by atoms with E-state index < -0.39 is 0 Å². The van der Waals surface area contributed by atoms with Gasteiger partial charge in [-0.15, -0.1) is 0 Å². The molecule has 1 N–H and O–H groups in total. The first-order valence-electron chi connectivity index (χ1n) is 8.44. The van der Waals surface area contributed by atoms with Crippen LogP contribution in [0.3, 0.4) is 0 Å². The summed E-state index contributed by atoms with van der Waals surface area (Å²) in [7, 11) is 0. The molecule has 0 saturated carbocycles. The predicted octanol–water partition coefficient (Wildman–Crippen LogP) is 1.58. The van der Waals surface area contributed by atoms with E-state index in [1.54, 1.807) is 6.07 Å². The Labute approximate surface area is 143 Å². The molecule has 1 aromatic carbocycles. The number of nitrogens with zero attached hydrogens (tertiary/aromatic N) is 2. The van der Waals surface area contributed by atoms with Crippen LogP contribution in [0.5, 0.6) is 11.5 Å². The summed E-state index contributed by atoms with van der Waals surface area (Å²) in [5.74, 6) is 1.16. The minimum absolute atomic E-state index is 0.0200. The number of aliphatic hydroxyl groups is 1. The van der Waals surface area contributed by atoms with E-state index in [1.165, 1.54) is 0 Å². The van der Waals surface area contributed by atoms with Crippen molar-refractivity contribution in [3.05, 3.63) is 23.8 Å². The number of piperazine rings is 1. The van der Waals surface area contributed by atoms with Crippen molar-refractivity contribution >= 4 is 5.91 Å². The summed E-state index contributed by atoms with van der Waals surface area (Å²) < 4.78 is 10.8. The van der Waals surface area contributed by atoms with Crippen molar-refractivity contribution in [3.8, 4) is 11.5 Å². The molecule has 6 heteroatoms. The Balaban J connectivity index is 1.59. The topological polar surface area (TPSA) is 62.2 Å². The molecule has 1 fully saturated rings. The molecule has 3 rings (SSSR count). The maximum Gasteiger partial charge on any atom is 0.257 e. The maximum absolute atomic E-state index is 12.8. The average molecular weight is 334 g/mol. The minimum atomic E-state index is -0.373. The first-order chi connectivity index (χ1) is 11.4. The fraction of sp³-hybridized carbons (Fsp3) is 0.611. The lowest BCUT2D eigenvalue weighted by Crippen LogP contribution is -2.51. The van der Waals surface area contributed by atoms with Crippen LogP contribution < -0.4 is 9.47 Å². The highest BCUT2D eigenvalue weighted by Gasteiger charge is 2.30. The zero-order valence-electron chi connectivity index (χ0n) is 14.6. The van der Waals surface area contributed by atoms with E-state index in [9.17, 15) is 9.90 Å². The predicted molar refractivity (Wildman–Crippen MR) is 90.4 cm³/mol. The molecule has 1 saturated heterocycles. The molecule has 1 aromatic rings. The van der Waals surface area contributed by atoms with Crippen molar-refractivity contribution in [2.24, 2.45) is 5.41 Å². The number of carbonyl (C=O) groups excluding carboxylic acids is 1. The van der Waals surface area contributed by atoms with Crippen molar-refractivity contribution in [1.82, 2.24) is 9.80 Å². The Kier molecular flexibility index (Phi) is 4.69. The first-order valence-corrected chi connectivity index (χ1v) is 8.44. The zero-order chi connectivity index (χ0) is 17.3. The molecule has 0 unspecified atom stereocenters. The quantitative estimate of drug-likeness (QED) is 0.909. The molecule has 132 valence electrons. The molecule has 0 aromatic heterocycles. The Morgan fingerprint density at radius 2 is 1.92 bits per heavy atom. The van der Waals surface area contributed by atoms with Gasteiger partial charge >= 0.3 is 0 Å². The maximum atomic E-state index is 12.8. The normalized spacial score (nSPS) is 19.4. The molecule has 0 aliphatic carbocycles. The first kappa shape index (κ1) is 17.0. The highest BCUT2D eigenvalue weighted by atomic mass is 16.7. The van der Waals surface area contributed by atoms with Crippen molar-refractivity contribution in [1.29, 1.82) is 0 Å². The van der Waals surface area contributed by atoms with E-state index >= 15 is 0 Å². The number of benzene rings is 1. The number of ether oxygens (including phenoxy) is 2. The number of β-amino-alcohol motifs (C(OH)–C–C–N with tert-alkyl or cyclic N) is 1. The van der Waals surface area contributed by atoms with Crippen molar-refractivity contribution in [2.75, 3.05) is 39.5 Å². The summed E-state index contributed by atoms with van der Waals surface area (Å²) in [6, 6.07) is 5.41. The molecule has 6 nitrogen and oxygen atoms in total. The Hall–Kier alpha value is -1.79. The largest absolute Gasteiger partial charge is 0.454 e. The van der Waals surface area contributed by atoms with Crippen molar-refractivity contribution < 1.29 is 19.4 Å². The van der Waals surface area contributed by atoms with Crippen LogP contribution in [0.25, 0.3) is 0 Å². The van der Waals surface area contributed by atoms with Gasteiger partial charge in [0, 0.05) is 32.7 Å². The second-order valence-corrected chi connectivity index (χ2v) is 7.51. The second kappa shape index (κ2) is 6.61. The monoisotopic (exact) mass is 334 g/mol. The van der Waals surface area contributed by atoms with E-state index in [1.807, 2.05) is 37.8 Å². The van der Waals surface area contributed by atoms with Gasteiger partial charge in [0.25, 0.3) is 5.91 Å². The summed E-state index contributed by atoms with van der Waals surface area (Å²) in [5.41, 5.74) is 0.433. The number of amides is 1. The lowest BCUT2D eigenvalue weighted by atomic mass is 9.89. The molecule has 2 heterocycles. The van der Waals surface area contributed by atoms with Gasteiger partial charge in [0.05, 0.1) is 11.7 Å². The molecular weight excluding hydrogens is 308 g/mol. The van der Waals surface area contributed by atoms with Crippen LogP contribution in [0.1, 0.15) is 31.1 Å². The van der Waals surface area contributed by atoms with E-state index in [2.05, 4.69) is 4.90 Å². The third kappa shape index (κ3) is 3.49. The molecule has 0 radical (unpaired) electrons. The number of carbonyl (C=O) groups is 1. The Morgan fingerprint density at radius 3 is 2.58 bits per heavy atom. The van der Waals surface area contributed by atoms with Crippen LogP contribution in [0.2, 0.25) is 0 Å². The molecular formula is C18H26N2O4. The number of para-hydroxylation sites is 1. The number of hydrogen-bond acceptors (Lipinski definition) is 5. The lowest BCUT2D eigenvalue weighted by molar-refractivity contribution is 0.0136. The number of aliphatic hydroxyl groups excluding tert-OH is 1. The van der Waals surface area contributed by atoms with Crippen LogP contribution in [-0.2, 0) is 0 Å². The molecule has 0 spiro atoms. The van der Waals surface area contributed by atoms with Gasteiger partial charge in [-0.3, -0.25) is 9.69 Å². The highest BCUT2D eigenvalue weighted by Crippen LogP contribution is 2.36. The van der Waals surface area contributed by atoms with Crippen LogP contribution in [0.4, 0.5) is 0 Å². The second-order valence-electron chi connectivity index (χ2n) is 7.51. The third-order valence-corrected chi connectivity index (χ3v) is 4.72. The lowest BCUT2D eigenvalue weighted by Gasteiger charge is -2.38. The zero-order valence-corrected chi connectivity index (χ0v) is 14.6. The fourth-order valence-corrected chi connectivity index (χ4v) is 2.92. The van der Waals surface area contributed by atoms with Crippen LogP contribution in [-0.4, -0.2) is 66.4 Å². The summed E-state index contributed by atoms with van der Waals surface area (Å²) in [6.07, 6.45) is -0.373. The van der Waals surface area contributed by atoms with E-state index in [4.69, 9.17) is 9.47 Å². The number of hydrogen-bond donors (Lipinski definition) is 1. The highest BCUT2D eigenvalue weighted by molar-refractivity contribution is 5.98. The summed E-state index contributed by atoms with van der Waals surface area (Å²) in [5, 5.41) is 10.2. The molecule has 24 heavy (non-hydrogen) atoms. The van der Waals surface area contributed by atoms with Crippen LogP contribution in [0, 0.1) is 5.41 Å². The van der Waals surface area contributed by atoms with Gasteiger partial charge in [0.2, 0.25) is 6.79 Å². The van der Waals surface area contributed by atoms with Gasteiger partial charge in [0.1, 0.15) is 0 Å². The molecule has 0 bridgehead atoms. The summed E-state index contributed by atoms with van der Waals surface area (Å²) in [4.78, 5) is 16.8. The minimum Gasteiger partial charge on any atom is -0.454 e. The summed E-state index contributed by atoms with van der Waals surface area (Å²) >= 11 is 0. The SMILES string of the molecule is CC(C)(C)[C@H](O)CN1CCN(C(=O)c2cccc3c2OCO3)CC1. The molecule has 1 atom stereocenters.